The quantitative estimate of drug-likeness (QED) is 0.644. The minimum atomic E-state index is -0.165. The highest BCUT2D eigenvalue weighted by Gasteiger charge is 2.35. The van der Waals surface area contributed by atoms with Gasteiger partial charge in [-0.15, -0.1) is 0 Å². The van der Waals surface area contributed by atoms with Crippen molar-refractivity contribution in [1.29, 1.82) is 0 Å². The fourth-order valence-electron chi connectivity index (χ4n) is 2.07. The Labute approximate surface area is 92.4 Å². The molecule has 0 spiro atoms. The molecule has 2 fully saturated rings. The molecule has 2 rings (SSSR count). The van der Waals surface area contributed by atoms with E-state index in [0.29, 0.717) is 12.5 Å². The lowest BCUT2D eigenvalue weighted by Crippen LogP contribution is -2.42. The van der Waals surface area contributed by atoms with E-state index in [2.05, 4.69) is 0 Å². The van der Waals surface area contributed by atoms with Crippen LogP contribution < -0.4 is 0 Å². The molecule has 0 aromatic heterocycles. The van der Waals surface area contributed by atoms with Crippen molar-refractivity contribution in [2.75, 3.05) is 6.54 Å². The molecule has 78 valence electrons. The molecule has 2 heterocycles. The lowest BCUT2D eigenvalue weighted by atomic mass is 10.0. The molecular formula is C8H17NO2S2. The Kier molecular flexibility index (Phi) is 5.17. The average Bonchev–Trinajstić information content (AvgIpc) is 2.32. The Bertz CT molecular complexity index is 189. The highest BCUT2D eigenvalue weighted by molar-refractivity contribution is 7.59. The summed E-state index contributed by atoms with van der Waals surface area (Å²) in [6, 6.07) is 0.353. The number of aliphatic hydroxyl groups is 1. The highest BCUT2D eigenvalue weighted by Crippen LogP contribution is 2.27. The third-order valence-corrected chi connectivity index (χ3v) is 2.70. The second-order valence-corrected chi connectivity index (χ2v) is 3.46. The van der Waals surface area contributed by atoms with Crippen LogP contribution in [0.15, 0.2) is 0 Å². The Hall–Kier alpha value is 0.130. The molecule has 13 heavy (non-hydrogen) atoms. The van der Waals surface area contributed by atoms with Crippen molar-refractivity contribution >= 4 is 32.9 Å². The molecule has 2 atom stereocenters. The number of rotatable bonds is 0. The minimum absolute atomic E-state index is 0. The fourth-order valence-corrected chi connectivity index (χ4v) is 2.07. The average molecular weight is 223 g/mol. The summed E-state index contributed by atoms with van der Waals surface area (Å²) in [5.74, 6) is 0.280. The van der Waals surface area contributed by atoms with Crippen molar-refractivity contribution in [2.24, 2.45) is 0 Å². The van der Waals surface area contributed by atoms with Gasteiger partial charge < -0.3 is 10.0 Å². The smallest absolute Gasteiger partial charge is 0.222 e. The van der Waals surface area contributed by atoms with Crippen molar-refractivity contribution in [1.82, 2.24) is 4.90 Å². The zero-order valence-electron chi connectivity index (χ0n) is 7.49. The largest absolute Gasteiger partial charge is 0.393 e. The lowest BCUT2D eigenvalue weighted by molar-refractivity contribution is -0.130. The molecule has 0 aromatic rings. The van der Waals surface area contributed by atoms with Crippen molar-refractivity contribution in [2.45, 2.75) is 37.8 Å². The topological polar surface area (TPSA) is 40.5 Å². The molecule has 0 bridgehead atoms. The molecule has 1 N–H and O–H groups in total. The van der Waals surface area contributed by atoms with Crippen LogP contribution in [0, 0.1) is 0 Å². The Morgan fingerprint density at radius 2 is 2.00 bits per heavy atom. The van der Waals surface area contributed by atoms with Crippen molar-refractivity contribution in [3.63, 3.8) is 0 Å². The van der Waals surface area contributed by atoms with Gasteiger partial charge >= 0.3 is 0 Å². The van der Waals surface area contributed by atoms with Gasteiger partial charge in [-0.1, -0.05) is 0 Å². The summed E-state index contributed by atoms with van der Waals surface area (Å²) >= 11 is 0. The number of carbonyl (C=O) groups is 1. The van der Waals surface area contributed by atoms with Crippen molar-refractivity contribution in [3.8, 4) is 0 Å². The maximum Gasteiger partial charge on any atom is 0.222 e. The summed E-state index contributed by atoms with van der Waals surface area (Å²) in [6.45, 7) is 0.769. The van der Waals surface area contributed by atoms with Crippen LogP contribution in [0.25, 0.3) is 0 Å². The van der Waals surface area contributed by atoms with Gasteiger partial charge in [0.25, 0.3) is 0 Å². The highest BCUT2D eigenvalue weighted by atomic mass is 32.1. The molecular weight excluding hydrogens is 206 g/mol. The van der Waals surface area contributed by atoms with Crippen LogP contribution in [0.5, 0.6) is 0 Å². The van der Waals surface area contributed by atoms with Gasteiger partial charge in [-0.3, -0.25) is 4.79 Å². The van der Waals surface area contributed by atoms with Crippen LogP contribution in [-0.4, -0.2) is 34.6 Å². The van der Waals surface area contributed by atoms with Gasteiger partial charge in [-0.25, -0.2) is 0 Å². The molecule has 0 aromatic carbocycles. The third kappa shape index (κ3) is 2.54. The minimum Gasteiger partial charge on any atom is -0.393 e. The van der Waals surface area contributed by atoms with E-state index in [9.17, 15) is 9.90 Å². The summed E-state index contributed by atoms with van der Waals surface area (Å²) in [7, 11) is 0. The van der Waals surface area contributed by atoms with Gasteiger partial charge in [0.05, 0.1) is 6.10 Å². The van der Waals surface area contributed by atoms with E-state index >= 15 is 0 Å². The molecule has 1 amide bonds. The van der Waals surface area contributed by atoms with E-state index in [1.54, 1.807) is 0 Å². The van der Waals surface area contributed by atoms with Crippen LogP contribution in [0.3, 0.4) is 0 Å². The molecule has 2 aliphatic heterocycles. The number of fused-ring (bicyclic) bond motifs is 1. The standard InChI is InChI=1S/C8H13NO2.2H2S/c10-7-3-4-9-6(5-7)1-2-8(9)11;;/h6-7,10H,1-5H2;2*1H2/t6-,7-;;/m0../s1. The van der Waals surface area contributed by atoms with Crippen molar-refractivity contribution < 1.29 is 9.90 Å². The third-order valence-electron chi connectivity index (χ3n) is 2.70. The number of hydrogen-bond donors (Lipinski definition) is 1. The first-order chi connectivity index (χ1) is 5.27. The van der Waals surface area contributed by atoms with Gasteiger partial charge in [0, 0.05) is 19.0 Å². The van der Waals surface area contributed by atoms with Gasteiger partial charge in [-0.05, 0) is 19.3 Å². The Morgan fingerprint density at radius 3 is 2.69 bits per heavy atom. The first-order valence-electron chi connectivity index (χ1n) is 4.25. The zero-order chi connectivity index (χ0) is 7.84. The van der Waals surface area contributed by atoms with Crippen LogP contribution in [0.1, 0.15) is 25.7 Å². The van der Waals surface area contributed by atoms with Gasteiger partial charge in [0.2, 0.25) is 5.91 Å². The monoisotopic (exact) mass is 223 g/mol. The van der Waals surface area contributed by atoms with E-state index < -0.39 is 0 Å². The summed E-state index contributed by atoms with van der Waals surface area (Å²) in [5.41, 5.74) is 0. The molecule has 0 radical (unpaired) electrons. The molecule has 0 aliphatic carbocycles. The van der Waals surface area contributed by atoms with E-state index in [0.717, 1.165) is 25.8 Å². The normalized spacial score (nSPS) is 31.8. The molecule has 3 nitrogen and oxygen atoms in total. The van der Waals surface area contributed by atoms with Gasteiger partial charge in [-0.2, -0.15) is 27.0 Å². The van der Waals surface area contributed by atoms with Crippen molar-refractivity contribution in [3.05, 3.63) is 0 Å². The zero-order valence-corrected chi connectivity index (χ0v) is 9.49. The van der Waals surface area contributed by atoms with E-state index in [4.69, 9.17) is 0 Å². The van der Waals surface area contributed by atoms with Crippen LogP contribution in [0.2, 0.25) is 0 Å². The number of piperidine rings is 1. The van der Waals surface area contributed by atoms with Gasteiger partial charge in [0.15, 0.2) is 0 Å². The number of nitrogens with zero attached hydrogens (tertiary/aromatic N) is 1. The number of amides is 1. The van der Waals surface area contributed by atoms with Crippen LogP contribution in [0.4, 0.5) is 0 Å². The molecule has 0 saturated carbocycles. The summed E-state index contributed by atoms with van der Waals surface area (Å²) in [4.78, 5) is 13.1. The Balaban J connectivity index is 0.000000720. The number of carbonyl (C=O) groups excluding carboxylic acids is 1. The summed E-state index contributed by atoms with van der Waals surface area (Å²) in [5, 5.41) is 9.30. The predicted molar refractivity (Wildman–Crippen MR) is 60.7 cm³/mol. The van der Waals surface area contributed by atoms with Gasteiger partial charge in [0.1, 0.15) is 0 Å². The first kappa shape index (κ1) is 13.1. The molecule has 2 aliphatic rings. The van der Waals surface area contributed by atoms with E-state index in [1.807, 2.05) is 4.90 Å². The molecule has 2 saturated heterocycles. The van der Waals surface area contributed by atoms with Crippen LogP contribution in [-0.2, 0) is 4.79 Å². The second kappa shape index (κ2) is 5.12. The maximum atomic E-state index is 11.2. The second-order valence-electron chi connectivity index (χ2n) is 3.46. The van der Waals surface area contributed by atoms with E-state index in [-0.39, 0.29) is 39.0 Å². The summed E-state index contributed by atoms with van der Waals surface area (Å²) in [6.07, 6.45) is 3.04. The molecule has 0 unspecified atom stereocenters. The first-order valence-corrected chi connectivity index (χ1v) is 4.25. The lowest BCUT2D eigenvalue weighted by Gasteiger charge is -2.32. The van der Waals surface area contributed by atoms with Crippen LogP contribution >= 0.6 is 27.0 Å². The number of aliphatic hydroxyl groups excluding tert-OH is 1. The maximum absolute atomic E-state index is 11.2. The molecule has 5 heteroatoms. The Morgan fingerprint density at radius 1 is 1.31 bits per heavy atom. The van der Waals surface area contributed by atoms with E-state index in [1.165, 1.54) is 0 Å². The fraction of sp³-hybridized carbons (Fsp3) is 0.875. The SMILES string of the molecule is O=C1CC[C@H]2C[C@@H](O)CCN12.S.S. The number of hydrogen-bond acceptors (Lipinski definition) is 2. The predicted octanol–water partition coefficient (Wildman–Crippen LogP) is 0.358. The summed E-state index contributed by atoms with van der Waals surface area (Å²) < 4.78 is 0.